The molecule has 0 atom stereocenters. The van der Waals surface area contributed by atoms with Crippen LogP contribution in [-0.4, -0.2) is 37.2 Å². The lowest BCUT2D eigenvalue weighted by molar-refractivity contribution is 0.00536. The Kier molecular flexibility index (Phi) is 4.53. The molecule has 0 N–H and O–H groups in total. The molecule has 1 spiro atoms. The number of carbonyl (C=O) groups is 1. The third-order valence-corrected chi connectivity index (χ3v) is 7.49. The monoisotopic (exact) mass is 405 g/mol. The first-order valence-corrected chi connectivity index (χ1v) is 10.7. The number of piperidine rings is 1. The Balaban J connectivity index is 1.56. The predicted octanol–water partition coefficient (Wildman–Crippen LogP) is 3.84. The van der Waals surface area contributed by atoms with Gasteiger partial charge in [-0.25, -0.2) is 8.42 Å². The Morgan fingerprint density at radius 1 is 1.11 bits per heavy atom. The standard InChI is InChI=1S/C20H20ClNO4S/c1-14-11-15(21)12-17-18(23)13-20(26-19(14)17)7-9-22(10-8-20)27(24,25)16-5-3-2-4-6-16/h2-6,11-12H,7-10,13H2,1H3. The van der Waals surface area contributed by atoms with Crippen molar-refractivity contribution in [1.82, 2.24) is 4.31 Å². The highest BCUT2D eigenvalue weighted by Gasteiger charge is 2.45. The van der Waals surface area contributed by atoms with Crippen LogP contribution in [0.25, 0.3) is 0 Å². The number of halogens is 1. The average Bonchev–Trinajstić information content (AvgIpc) is 2.64. The molecule has 2 aromatic rings. The Labute approximate surface area is 163 Å². The minimum atomic E-state index is -3.53. The van der Waals surface area contributed by atoms with Crippen molar-refractivity contribution in [3.8, 4) is 5.75 Å². The molecule has 0 aliphatic carbocycles. The van der Waals surface area contributed by atoms with E-state index in [1.54, 1.807) is 42.5 Å². The molecule has 0 saturated carbocycles. The lowest BCUT2D eigenvalue weighted by atomic mass is 9.82. The molecular formula is C20H20ClNO4S. The molecule has 2 aliphatic heterocycles. The van der Waals surface area contributed by atoms with Crippen LogP contribution in [0.1, 0.15) is 35.2 Å². The van der Waals surface area contributed by atoms with E-state index in [4.69, 9.17) is 16.3 Å². The molecule has 7 heteroatoms. The van der Waals surface area contributed by atoms with Crippen molar-refractivity contribution in [2.45, 2.75) is 36.7 Å². The van der Waals surface area contributed by atoms with Crippen molar-refractivity contribution in [3.63, 3.8) is 0 Å². The second kappa shape index (κ2) is 6.62. The fraction of sp³-hybridized carbons (Fsp3) is 0.350. The van der Waals surface area contributed by atoms with E-state index in [0.29, 0.717) is 42.3 Å². The third kappa shape index (κ3) is 3.26. The number of fused-ring (bicyclic) bond motifs is 1. The highest BCUT2D eigenvalue weighted by atomic mass is 35.5. The van der Waals surface area contributed by atoms with Crippen LogP contribution in [-0.2, 0) is 10.0 Å². The Morgan fingerprint density at radius 2 is 1.78 bits per heavy atom. The van der Waals surface area contributed by atoms with Crippen LogP contribution in [0.15, 0.2) is 47.4 Å². The molecule has 0 unspecified atom stereocenters. The van der Waals surface area contributed by atoms with Gasteiger partial charge in [0.05, 0.1) is 16.9 Å². The number of carbonyl (C=O) groups excluding carboxylic acids is 1. The average molecular weight is 406 g/mol. The molecule has 4 rings (SSSR count). The highest BCUT2D eigenvalue weighted by Crippen LogP contribution is 2.42. The van der Waals surface area contributed by atoms with E-state index < -0.39 is 15.6 Å². The van der Waals surface area contributed by atoms with E-state index in [1.165, 1.54) is 4.31 Å². The summed E-state index contributed by atoms with van der Waals surface area (Å²) in [6.07, 6.45) is 1.21. The van der Waals surface area contributed by atoms with Gasteiger partial charge in [-0.3, -0.25) is 4.79 Å². The molecule has 5 nitrogen and oxygen atoms in total. The highest BCUT2D eigenvalue weighted by molar-refractivity contribution is 7.89. The molecule has 27 heavy (non-hydrogen) atoms. The van der Waals surface area contributed by atoms with Crippen LogP contribution in [0.2, 0.25) is 5.02 Å². The summed E-state index contributed by atoms with van der Waals surface area (Å²) in [5.74, 6) is 0.580. The number of ether oxygens (including phenoxy) is 1. The van der Waals surface area contributed by atoms with Crippen LogP contribution >= 0.6 is 11.6 Å². The van der Waals surface area contributed by atoms with Crippen LogP contribution in [0, 0.1) is 6.92 Å². The van der Waals surface area contributed by atoms with Crippen LogP contribution < -0.4 is 4.74 Å². The van der Waals surface area contributed by atoms with Gasteiger partial charge in [0.15, 0.2) is 5.78 Å². The number of sulfonamides is 1. The first kappa shape index (κ1) is 18.5. The zero-order valence-corrected chi connectivity index (χ0v) is 16.5. The largest absolute Gasteiger partial charge is 0.486 e. The fourth-order valence-corrected chi connectivity index (χ4v) is 5.60. The number of Topliss-reactive ketones (excluding diaryl/α,β-unsaturated/α-hetero) is 1. The molecule has 142 valence electrons. The van der Waals surface area contributed by atoms with E-state index >= 15 is 0 Å². The molecule has 1 saturated heterocycles. The number of rotatable bonds is 2. The number of hydrogen-bond donors (Lipinski definition) is 0. The zero-order valence-electron chi connectivity index (χ0n) is 14.9. The normalized spacial score (nSPS) is 19.6. The van der Waals surface area contributed by atoms with Crippen LogP contribution in [0.3, 0.4) is 0 Å². The lowest BCUT2D eigenvalue weighted by Crippen LogP contribution is -2.52. The van der Waals surface area contributed by atoms with Crippen molar-refractivity contribution >= 4 is 27.4 Å². The SMILES string of the molecule is Cc1cc(Cl)cc2c1OC1(CCN(S(=O)(=O)c3ccccc3)CC1)CC2=O. The number of ketones is 1. The van der Waals surface area contributed by atoms with E-state index in [0.717, 1.165) is 5.56 Å². The molecule has 0 radical (unpaired) electrons. The van der Waals surface area contributed by atoms with Gasteiger partial charge in [0.1, 0.15) is 11.4 Å². The summed E-state index contributed by atoms with van der Waals surface area (Å²) < 4.78 is 33.4. The maximum absolute atomic E-state index is 12.8. The van der Waals surface area contributed by atoms with Gasteiger partial charge in [0.2, 0.25) is 10.0 Å². The first-order chi connectivity index (χ1) is 12.8. The number of aryl methyl sites for hydroxylation is 1. The first-order valence-electron chi connectivity index (χ1n) is 8.88. The minimum Gasteiger partial charge on any atom is -0.486 e. The second-order valence-corrected chi connectivity index (χ2v) is 9.58. The van der Waals surface area contributed by atoms with Gasteiger partial charge in [-0.15, -0.1) is 0 Å². The Bertz CT molecular complexity index is 996. The summed E-state index contributed by atoms with van der Waals surface area (Å²) in [7, 11) is -3.53. The Morgan fingerprint density at radius 3 is 2.44 bits per heavy atom. The van der Waals surface area contributed by atoms with Crippen LogP contribution in [0.4, 0.5) is 0 Å². The van der Waals surface area contributed by atoms with E-state index in [1.807, 2.05) is 6.92 Å². The van der Waals surface area contributed by atoms with Gasteiger partial charge in [0, 0.05) is 31.0 Å². The van der Waals surface area contributed by atoms with Gasteiger partial charge in [-0.05, 0) is 36.8 Å². The van der Waals surface area contributed by atoms with Crippen molar-refractivity contribution in [2.75, 3.05) is 13.1 Å². The van der Waals surface area contributed by atoms with Gasteiger partial charge in [0.25, 0.3) is 0 Å². The molecule has 2 aliphatic rings. The second-order valence-electron chi connectivity index (χ2n) is 7.20. The summed E-state index contributed by atoms with van der Waals surface area (Å²) in [6.45, 7) is 2.52. The molecule has 0 aromatic heterocycles. The maximum Gasteiger partial charge on any atom is 0.243 e. The summed E-state index contributed by atoms with van der Waals surface area (Å²) in [4.78, 5) is 13.0. The number of hydrogen-bond acceptors (Lipinski definition) is 4. The quantitative estimate of drug-likeness (QED) is 0.761. The Hall–Kier alpha value is -1.89. The molecule has 2 aromatic carbocycles. The predicted molar refractivity (Wildman–Crippen MR) is 103 cm³/mol. The molecule has 1 fully saturated rings. The van der Waals surface area contributed by atoms with Gasteiger partial charge in [-0.2, -0.15) is 4.31 Å². The molecule has 0 bridgehead atoms. The summed E-state index contributed by atoms with van der Waals surface area (Å²) in [6, 6.07) is 11.8. The van der Waals surface area contributed by atoms with Gasteiger partial charge in [-0.1, -0.05) is 29.8 Å². The minimum absolute atomic E-state index is 0.00113. The van der Waals surface area contributed by atoms with Crippen molar-refractivity contribution in [3.05, 3.63) is 58.6 Å². The molecule has 2 heterocycles. The molecule has 0 amide bonds. The molecular weight excluding hydrogens is 386 g/mol. The van der Waals surface area contributed by atoms with Crippen molar-refractivity contribution in [1.29, 1.82) is 0 Å². The summed E-state index contributed by atoms with van der Waals surface area (Å²) in [5, 5.41) is 0.517. The fourth-order valence-electron chi connectivity index (χ4n) is 3.87. The summed E-state index contributed by atoms with van der Waals surface area (Å²) in [5.41, 5.74) is 0.694. The van der Waals surface area contributed by atoms with E-state index in [2.05, 4.69) is 0 Å². The smallest absolute Gasteiger partial charge is 0.243 e. The van der Waals surface area contributed by atoms with Gasteiger partial charge < -0.3 is 4.74 Å². The van der Waals surface area contributed by atoms with Crippen molar-refractivity contribution < 1.29 is 17.9 Å². The maximum atomic E-state index is 12.8. The topological polar surface area (TPSA) is 63.7 Å². The van der Waals surface area contributed by atoms with Crippen molar-refractivity contribution in [2.24, 2.45) is 0 Å². The zero-order chi connectivity index (χ0) is 19.2. The third-order valence-electron chi connectivity index (χ3n) is 5.36. The van der Waals surface area contributed by atoms with E-state index in [9.17, 15) is 13.2 Å². The lowest BCUT2D eigenvalue weighted by Gasteiger charge is -2.43. The summed E-state index contributed by atoms with van der Waals surface area (Å²) >= 11 is 6.07. The number of benzene rings is 2. The van der Waals surface area contributed by atoms with Gasteiger partial charge >= 0.3 is 0 Å². The van der Waals surface area contributed by atoms with Crippen LogP contribution in [0.5, 0.6) is 5.75 Å². The van der Waals surface area contributed by atoms with E-state index in [-0.39, 0.29) is 17.1 Å². The number of nitrogens with zero attached hydrogens (tertiary/aromatic N) is 1.